The molecule has 2 aromatic carbocycles. The first-order chi connectivity index (χ1) is 12.7. The van der Waals surface area contributed by atoms with Crippen LogP contribution >= 0.6 is 0 Å². The van der Waals surface area contributed by atoms with Gasteiger partial charge in [0.1, 0.15) is 18.2 Å². The summed E-state index contributed by atoms with van der Waals surface area (Å²) < 4.78 is 20.1. The van der Waals surface area contributed by atoms with Crippen molar-refractivity contribution in [3.8, 4) is 29.3 Å². The first kappa shape index (κ1) is 17.2. The molecular weight excluding hydrogens is 333 g/mol. The highest BCUT2D eigenvalue weighted by Crippen LogP contribution is 2.25. The summed E-state index contributed by atoms with van der Waals surface area (Å²) in [7, 11) is 0. The minimum atomic E-state index is -0.655. The van der Waals surface area contributed by atoms with Crippen molar-refractivity contribution in [2.45, 2.75) is 6.42 Å². The molecule has 1 aromatic heterocycles. The van der Waals surface area contributed by atoms with E-state index in [1.807, 2.05) is 30.3 Å². The van der Waals surface area contributed by atoms with Crippen LogP contribution in [0, 0.1) is 18.2 Å². The number of ether oxygens (including phenoxy) is 1. The van der Waals surface area contributed by atoms with Crippen molar-refractivity contribution in [1.29, 1.82) is 0 Å². The molecule has 3 rings (SSSR count). The Morgan fingerprint density at radius 1 is 1.19 bits per heavy atom. The van der Waals surface area contributed by atoms with Crippen molar-refractivity contribution < 1.29 is 13.9 Å². The third-order valence-electron chi connectivity index (χ3n) is 3.54. The Kier molecular flexibility index (Phi) is 5.30. The lowest BCUT2D eigenvalue weighted by atomic mass is 10.2. The second-order valence-corrected chi connectivity index (χ2v) is 5.39. The molecule has 5 nitrogen and oxygen atoms in total. The van der Waals surface area contributed by atoms with Crippen molar-refractivity contribution in [1.82, 2.24) is 9.78 Å². The average molecular weight is 349 g/mol. The van der Waals surface area contributed by atoms with E-state index in [9.17, 15) is 9.18 Å². The Morgan fingerprint density at radius 3 is 2.73 bits per heavy atom. The minimum Gasteiger partial charge on any atom is -0.448 e. The van der Waals surface area contributed by atoms with Crippen LogP contribution in [0.2, 0.25) is 0 Å². The molecule has 26 heavy (non-hydrogen) atoms. The molecule has 6 heteroatoms. The Balaban J connectivity index is 1.94. The molecule has 130 valence electrons. The molecule has 0 spiro atoms. The molecule has 0 bridgehead atoms. The number of nitrogens with one attached hydrogen (secondary N) is 1. The van der Waals surface area contributed by atoms with Crippen LogP contribution in [0.15, 0.2) is 60.7 Å². The summed E-state index contributed by atoms with van der Waals surface area (Å²) in [5, 5.41) is 7.11. The molecule has 0 atom stereocenters. The van der Waals surface area contributed by atoms with E-state index in [0.29, 0.717) is 23.6 Å². The number of carbonyl (C=O) groups excluding carboxylic acids is 1. The normalized spacial score (nSPS) is 10.2. The van der Waals surface area contributed by atoms with Gasteiger partial charge in [0.05, 0.1) is 11.4 Å². The monoisotopic (exact) mass is 349 g/mol. The topological polar surface area (TPSA) is 56.1 Å². The van der Waals surface area contributed by atoms with Gasteiger partial charge in [-0.2, -0.15) is 5.10 Å². The maximum Gasteiger partial charge on any atom is 0.412 e. The molecule has 0 saturated heterocycles. The van der Waals surface area contributed by atoms with Crippen LogP contribution in [0.5, 0.6) is 0 Å². The van der Waals surface area contributed by atoms with E-state index in [1.54, 1.807) is 18.2 Å². The summed E-state index contributed by atoms with van der Waals surface area (Å²) >= 11 is 0. The third-order valence-corrected chi connectivity index (χ3v) is 3.54. The molecule has 0 aliphatic rings. The minimum absolute atomic E-state index is 0.113. The van der Waals surface area contributed by atoms with Crippen molar-refractivity contribution in [2.75, 3.05) is 11.9 Å². The van der Waals surface area contributed by atoms with Gasteiger partial charge in [-0.05, 0) is 18.2 Å². The number of terminal acetylenes is 1. The Morgan fingerprint density at radius 2 is 2.00 bits per heavy atom. The van der Waals surface area contributed by atoms with Gasteiger partial charge in [-0.3, -0.25) is 5.32 Å². The van der Waals surface area contributed by atoms with Crippen LogP contribution < -0.4 is 5.32 Å². The molecule has 0 radical (unpaired) electrons. The second kappa shape index (κ2) is 7.99. The molecule has 3 aromatic rings. The van der Waals surface area contributed by atoms with Gasteiger partial charge in [-0.1, -0.05) is 36.4 Å². The highest BCUT2D eigenvalue weighted by Gasteiger charge is 2.14. The maximum absolute atomic E-state index is 13.6. The summed E-state index contributed by atoms with van der Waals surface area (Å²) in [4.78, 5) is 12.0. The Hall–Kier alpha value is -3.59. The summed E-state index contributed by atoms with van der Waals surface area (Å²) in [6, 6.07) is 17.1. The van der Waals surface area contributed by atoms with Gasteiger partial charge in [0.25, 0.3) is 0 Å². The van der Waals surface area contributed by atoms with Crippen LogP contribution in [0.4, 0.5) is 15.0 Å². The number of hydrogen-bond donors (Lipinski definition) is 1. The first-order valence-electron chi connectivity index (χ1n) is 7.96. The van der Waals surface area contributed by atoms with Gasteiger partial charge >= 0.3 is 6.09 Å². The summed E-state index contributed by atoms with van der Waals surface area (Å²) in [5.41, 5.74) is 1.98. The first-order valence-corrected chi connectivity index (χ1v) is 7.96. The predicted molar refractivity (Wildman–Crippen MR) is 97.4 cm³/mol. The molecule has 1 heterocycles. The van der Waals surface area contributed by atoms with Crippen LogP contribution in [0.1, 0.15) is 6.42 Å². The van der Waals surface area contributed by atoms with Crippen molar-refractivity contribution in [3.05, 3.63) is 66.5 Å². The maximum atomic E-state index is 13.6. The molecule has 0 aliphatic heterocycles. The Bertz CT molecular complexity index is 945. The smallest absolute Gasteiger partial charge is 0.412 e. The van der Waals surface area contributed by atoms with Gasteiger partial charge in [0.2, 0.25) is 0 Å². The zero-order valence-corrected chi connectivity index (χ0v) is 13.9. The fourth-order valence-electron chi connectivity index (χ4n) is 2.37. The van der Waals surface area contributed by atoms with E-state index in [-0.39, 0.29) is 6.61 Å². The lowest BCUT2D eigenvalue weighted by Gasteiger charge is -2.09. The van der Waals surface area contributed by atoms with Crippen LogP contribution in [-0.2, 0) is 4.74 Å². The Labute approximate surface area is 150 Å². The van der Waals surface area contributed by atoms with E-state index in [4.69, 9.17) is 11.2 Å². The number of carbonyl (C=O) groups is 1. The number of amides is 1. The number of benzene rings is 2. The molecule has 1 N–H and O–H groups in total. The van der Waals surface area contributed by atoms with E-state index in [2.05, 4.69) is 16.3 Å². The zero-order valence-electron chi connectivity index (χ0n) is 13.9. The van der Waals surface area contributed by atoms with Gasteiger partial charge in [0, 0.05) is 18.1 Å². The van der Waals surface area contributed by atoms with Gasteiger partial charge in [0.15, 0.2) is 0 Å². The quantitative estimate of drug-likeness (QED) is 0.553. The fraction of sp³-hybridized carbons (Fsp3) is 0.100. The molecule has 0 saturated carbocycles. The van der Waals surface area contributed by atoms with Crippen molar-refractivity contribution in [3.63, 3.8) is 0 Å². The molecule has 1 amide bonds. The number of rotatable bonds is 5. The molecular formula is C20H16FN3O2. The summed E-state index contributed by atoms with van der Waals surface area (Å²) in [5.74, 6) is 2.35. The SMILES string of the molecule is C#CCCOC(=O)Nc1cc(-c2ccccc2)nn1-c1cccc(F)c1. The van der Waals surface area contributed by atoms with Crippen LogP contribution in [-0.4, -0.2) is 22.5 Å². The molecule has 0 aliphatic carbocycles. The fourth-order valence-corrected chi connectivity index (χ4v) is 2.37. The van der Waals surface area contributed by atoms with Gasteiger partial charge in [-0.25, -0.2) is 13.9 Å². The number of halogens is 1. The van der Waals surface area contributed by atoms with E-state index < -0.39 is 11.9 Å². The largest absolute Gasteiger partial charge is 0.448 e. The highest BCUT2D eigenvalue weighted by atomic mass is 19.1. The number of anilines is 1. The van der Waals surface area contributed by atoms with E-state index in [0.717, 1.165) is 5.56 Å². The molecule has 0 unspecified atom stereocenters. The number of hydrogen-bond acceptors (Lipinski definition) is 3. The van der Waals surface area contributed by atoms with Crippen LogP contribution in [0.3, 0.4) is 0 Å². The lowest BCUT2D eigenvalue weighted by molar-refractivity contribution is 0.164. The number of aromatic nitrogens is 2. The van der Waals surface area contributed by atoms with Crippen LogP contribution in [0.25, 0.3) is 16.9 Å². The predicted octanol–water partition coefficient (Wildman–Crippen LogP) is 4.25. The van der Waals surface area contributed by atoms with Gasteiger partial charge < -0.3 is 4.74 Å². The summed E-state index contributed by atoms with van der Waals surface area (Å²) in [6.45, 7) is 0.113. The van der Waals surface area contributed by atoms with E-state index in [1.165, 1.54) is 16.8 Å². The van der Waals surface area contributed by atoms with Crippen molar-refractivity contribution in [2.24, 2.45) is 0 Å². The second-order valence-electron chi connectivity index (χ2n) is 5.39. The van der Waals surface area contributed by atoms with Gasteiger partial charge in [-0.15, -0.1) is 12.3 Å². The molecule has 0 fully saturated rings. The highest BCUT2D eigenvalue weighted by molar-refractivity contribution is 5.85. The van der Waals surface area contributed by atoms with E-state index >= 15 is 0 Å². The third kappa shape index (κ3) is 4.08. The summed E-state index contributed by atoms with van der Waals surface area (Å²) in [6.07, 6.45) is 4.81. The van der Waals surface area contributed by atoms with Crippen molar-refractivity contribution >= 4 is 11.9 Å². The standard InChI is InChI=1S/C20H16FN3O2/c1-2-3-12-26-20(25)22-19-14-18(15-8-5-4-6-9-15)23-24(19)17-11-7-10-16(21)13-17/h1,4-11,13-14H,3,12H2,(H,22,25). The number of nitrogens with zero attached hydrogens (tertiary/aromatic N) is 2. The lowest BCUT2D eigenvalue weighted by Crippen LogP contribution is -2.16. The average Bonchev–Trinajstić information content (AvgIpc) is 3.06. The zero-order chi connectivity index (χ0) is 18.4.